The van der Waals surface area contributed by atoms with Gasteiger partial charge in [-0.25, -0.2) is 8.42 Å². The van der Waals surface area contributed by atoms with E-state index in [1.165, 1.54) is 24.3 Å². The highest BCUT2D eigenvalue weighted by Crippen LogP contribution is 2.17. The molecule has 0 saturated carbocycles. The van der Waals surface area contributed by atoms with E-state index in [-0.39, 0.29) is 10.8 Å². The summed E-state index contributed by atoms with van der Waals surface area (Å²) in [6, 6.07) is 13.0. The van der Waals surface area contributed by atoms with Crippen molar-refractivity contribution in [1.29, 1.82) is 0 Å². The Labute approximate surface area is 153 Å². The van der Waals surface area contributed by atoms with Crippen molar-refractivity contribution in [3.05, 3.63) is 59.7 Å². The highest BCUT2D eigenvalue weighted by atomic mass is 32.2. The van der Waals surface area contributed by atoms with Gasteiger partial charge in [0, 0.05) is 30.3 Å². The molecule has 1 fully saturated rings. The SMILES string of the molecule is Cc1ccc(NS(=O)(=O)c2ccc(C(=O)NCC3CCOC3)cc2)cc1. The van der Waals surface area contributed by atoms with Crippen LogP contribution in [-0.2, 0) is 14.8 Å². The zero-order valence-corrected chi connectivity index (χ0v) is 15.4. The van der Waals surface area contributed by atoms with Crippen LogP contribution in [0.4, 0.5) is 5.69 Å². The van der Waals surface area contributed by atoms with Gasteiger partial charge >= 0.3 is 0 Å². The maximum atomic E-state index is 12.4. The Balaban J connectivity index is 1.63. The quantitative estimate of drug-likeness (QED) is 0.814. The van der Waals surface area contributed by atoms with Crippen molar-refractivity contribution in [2.24, 2.45) is 5.92 Å². The van der Waals surface area contributed by atoms with Crippen LogP contribution in [0, 0.1) is 12.8 Å². The minimum atomic E-state index is -3.69. The predicted molar refractivity (Wildman–Crippen MR) is 99.7 cm³/mol. The number of rotatable bonds is 6. The molecular weight excluding hydrogens is 352 g/mol. The molecule has 2 N–H and O–H groups in total. The molecule has 138 valence electrons. The lowest BCUT2D eigenvalue weighted by molar-refractivity contribution is 0.0945. The summed E-state index contributed by atoms with van der Waals surface area (Å²) in [4.78, 5) is 12.3. The molecular formula is C19H22N2O4S. The number of carbonyl (C=O) groups is 1. The van der Waals surface area contributed by atoms with Gasteiger partial charge in [0.05, 0.1) is 11.5 Å². The van der Waals surface area contributed by atoms with Gasteiger partial charge in [-0.05, 0) is 49.7 Å². The molecule has 0 bridgehead atoms. The minimum Gasteiger partial charge on any atom is -0.381 e. The molecule has 2 aromatic carbocycles. The molecule has 3 rings (SSSR count). The molecule has 0 spiro atoms. The molecule has 2 aromatic rings. The fraction of sp³-hybridized carbons (Fsp3) is 0.316. The van der Waals surface area contributed by atoms with Gasteiger partial charge in [0.1, 0.15) is 0 Å². The normalized spacial score (nSPS) is 17.0. The number of nitrogens with one attached hydrogen (secondary N) is 2. The van der Waals surface area contributed by atoms with E-state index in [1.807, 2.05) is 19.1 Å². The summed E-state index contributed by atoms with van der Waals surface area (Å²) >= 11 is 0. The molecule has 1 heterocycles. The zero-order chi connectivity index (χ0) is 18.6. The Morgan fingerprint density at radius 2 is 1.81 bits per heavy atom. The summed E-state index contributed by atoms with van der Waals surface area (Å²) in [6.45, 7) is 3.90. The molecule has 26 heavy (non-hydrogen) atoms. The van der Waals surface area contributed by atoms with E-state index in [0.29, 0.717) is 30.3 Å². The Kier molecular flexibility index (Phi) is 5.58. The summed E-state index contributed by atoms with van der Waals surface area (Å²) in [6.07, 6.45) is 0.947. The molecule has 1 saturated heterocycles. The molecule has 1 aliphatic heterocycles. The van der Waals surface area contributed by atoms with Gasteiger partial charge in [0.25, 0.3) is 15.9 Å². The van der Waals surface area contributed by atoms with Crippen molar-refractivity contribution >= 4 is 21.6 Å². The smallest absolute Gasteiger partial charge is 0.261 e. The van der Waals surface area contributed by atoms with Gasteiger partial charge in [0.2, 0.25) is 0 Å². The monoisotopic (exact) mass is 374 g/mol. The number of aryl methyl sites for hydroxylation is 1. The predicted octanol–water partition coefficient (Wildman–Crippen LogP) is 2.56. The fourth-order valence-corrected chi connectivity index (χ4v) is 3.76. The van der Waals surface area contributed by atoms with Gasteiger partial charge in [0.15, 0.2) is 0 Å². The number of carbonyl (C=O) groups excluding carboxylic acids is 1. The van der Waals surface area contributed by atoms with E-state index in [0.717, 1.165) is 18.6 Å². The van der Waals surface area contributed by atoms with E-state index in [9.17, 15) is 13.2 Å². The summed E-state index contributed by atoms with van der Waals surface area (Å²) in [5.41, 5.74) is 1.97. The van der Waals surface area contributed by atoms with Gasteiger partial charge in [-0.3, -0.25) is 9.52 Å². The van der Waals surface area contributed by atoms with Crippen LogP contribution in [0.15, 0.2) is 53.4 Å². The number of ether oxygens (including phenoxy) is 1. The van der Waals surface area contributed by atoms with Crippen LogP contribution in [0.1, 0.15) is 22.3 Å². The lowest BCUT2D eigenvalue weighted by atomic mass is 10.1. The lowest BCUT2D eigenvalue weighted by Crippen LogP contribution is -2.29. The van der Waals surface area contributed by atoms with E-state index in [2.05, 4.69) is 10.0 Å². The third-order valence-electron chi connectivity index (χ3n) is 4.31. The molecule has 0 aliphatic carbocycles. The lowest BCUT2D eigenvalue weighted by Gasteiger charge is -2.11. The highest BCUT2D eigenvalue weighted by molar-refractivity contribution is 7.92. The second kappa shape index (κ2) is 7.88. The van der Waals surface area contributed by atoms with Crippen molar-refractivity contribution in [2.45, 2.75) is 18.2 Å². The maximum absolute atomic E-state index is 12.4. The molecule has 1 amide bonds. The Hall–Kier alpha value is -2.38. The van der Waals surface area contributed by atoms with Crippen LogP contribution in [0.25, 0.3) is 0 Å². The maximum Gasteiger partial charge on any atom is 0.261 e. The van der Waals surface area contributed by atoms with E-state index >= 15 is 0 Å². The van der Waals surface area contributed by atoms with Crippen LogP contribution in [0.2, 0.25) is 0 Å². The Morgan fingerprint density at radius 1 is 1.12 bits per heavy atom. The van der Waals surface area contributed by atoms with Crippen molar-refractivity contribution < 1.29 is 17.9 Å². The van der Waals surface area contributed by atoms with Crippen LogP contribution < -0.4 is 10.0 Å². The van der Waals surface area contributed by atoms with Gasteiger partial charge in [-0.2, -0.15) is 0 Å². The van der Waals surface area contributed by atoms with Crippen molar-refractivity contribution in [2.75, 3.05) is 24.5 Å². The first-order chi connectivity index (χ1) is 12.4. The van der Waals surface area contributed by atoms with E-state index in [1.54, 1.807) is 12.1 Å². The topological polar surface area (TPSA) is 84.5 Å². The second-order valence-electron chi connectivity index (χ2n) is 6.44. The third kappa shape index (κ3) is 4.62. The largest absolute Gasteiger partial charge is 0.381 e. The molecule has 1 unspecified atom stereocenters. The molecule has 6 nitrogen and oxygen atoms in total. The summed E-state index contributed by atoms with van der Waals surface area (Å²) < 4.78 is 32.7. The number of benzene rings is 2. The van der Waals surface area contributed by atoms with Crippen LogP contribution in [0.3, 0.4) is 0 Å². The van der Waals surface area contributed by atoms with Gasteiger partial charge in [-0.15, -0.1) is 0 Å². The van der Waals surface area contributed by atoms with Gasteiger partial charge < -0.3 is 10.1 Å². The first-order valence-electron chi connectivity index (χ1n) is 8.49. The average molecular weight is 374 g/mol. The highest BCUT2D eigenvalue weighted by Gasteiger charge is 2.18. The fourth-order valence-electron chi connectivity index (χ4n) is 2.70. The van der Waals surface area contributed by atoms with Crippen molar-refractivity contribution in [1.82, 2.24) is 5.32 Å². The van der Waals surface area contributed by atoms with Crippen LogP contribution in [-0.4, -0.2) is 34.1 Å². The molecule has 0 radical (unpaired) electrons. The molecule has 1 atom stereocenters. The van der Waals surface area contributed by atoms with Crippen LogP contribution in [0.5, 0.6) is 0 Å². The van der Waals surface area contributed by atoms with Gasteiger partial charge in [-0.1, -0.05) is 17.7 Å². The van der Waals surface area contributed by atoms with Crippen molar-refractivity contribution in [3.8, 4) is 0 Å². The first-order valence-corrected chi connectivity index (χ1v) is 9.98. The van der Waals surface area contributed by atoms with Crippen molar-refractivity contribution in [3.63, 3.8) is 0 Å². The summed E-state index contributed by atoms with van der Waals surface area (Å²) in [7, 11) is -3.69. The van der Waals surface area contributed by atoms with E-state index < -0.39 is 10.0 Å². The standard InChI is InChI=1S/C19H22N2O4S/c1-14-2-6-17(7-3-14)21-26(23,24)18-8-4-16(5-9-18)19(22)20-12-15-10-11-25-13-15/h2-9,15,21H,10-13H2,1H3,(H,20,22). The number of amides is 1. The number of hydrogen-bond acceptors (Lipinski definition) is 4. The Bertz CT molecular complexity index is 855. The summed E-state index contributed by atoms with van der Waals surface area (Å²) in [5.74, 6) is 0.129. The van der Waals surface area contributed by atoms with Crippen LogP contribution >= 0.6 is 0 Å². The molecule has 1 aliphatic rings. The first kappa shape index (κ1) is 18.4. The number of anilines is 1. The molecule has 0 aromatic heterocycles. The molecule has 7 heteroatoms. The average Bonchev–Trinajstić information content (AvgIpc) is 3.15. The van der Waals surface area contributed by atoms with E-state index in [4.69, 9.17) is 4.74 Å². The number of sulfonamides is 1. The zero-order valence-electron chi connectivity index (χ0n) is 14.6. The number of hydrogen-bond donors (Lipinski definition) is 2. The second-order valence-corrected chi connectivity index (χ2v) is 8.12. The summed E-state index contributed by atoms with van der Waals surface area (Å²) in [5, 5.41) is 2.86. The minimum absolute atomic E-state index is 0.110. The third-order valence-corrected chi connectivity index (χ3v) is 5.70. The Morgan fingerprint density at radius 3 is 2.42 bits per heavy atom.